The van der Waals surface area contributed by atoms with Crippen molar-refractivity contribution >= 4 is 174 Å². The van der Waals surface area contributed by atoms with Gasteiger partial charge in [-0.25, -0.2) is 4.79 Å². The van der Waals surface area contributed by atoms with Crippen LogP contribution in [0.25, 0.3) is 0 Å². The van der Waals surface area contributed by atoms with Gasteiger partial charge in [0.15, 0.2) is 5.60 Å². The zero-order valence-corrected chi connectivity index (χ0v) is 54.1. The van der Waals surface area contributed by atoms with Gasteiger partial charge in [0.2, 0.25) is 0 Å². The number of carbonyl (C=O) groups is 2. The first kappa shape index (κ1) is 55.3. The molecule has 0 radical (unpaired) electrons. The Kier molecular flexibility index (Phi) is 21.5. The molecule has 1 heterocycles. The molecule has 22 atom stereocenters. The number of aliphatic hydroxyl groups is 1. The van der Waals surface area contributed by atoms with E-state index < -0.39 is 122 Å². The highest BCUT2D eigenvalue weighted by molar-refractivity contribution is 9.19. The summed E-state index contributed by atoms with van der Waals surface area (Å²) in [4.78, 5) is 27.9. The second-order valence-electron chi connectivity index (χ2n) is 15.9. The quantitative estimate of drug-likeness (QED) is 0.112. The summed E-state index contributed by atoms with van der Waals surface area (Å²) in [7, 11) is 31.8. The molecule has 0 amide bonds. The van der Waals surface area contributed by atoms with Gasteiger partial charge in [0.25, 0.3) is 0 Å². The van der Waals surface area contributed by atoms with Gasteiger partial charge in [-0.3, -0.25) is 4.79 Å². The average Bonchev–Trinajstić information content (AvgIpc) is 3.10. The molecule has 1 saturated heterocycles. The molecule has 0 spiro atoms. The van der Waals surface area contributed by atoms with Crippen molar-refractivity contribution < 1.29 is 38.0 Å². The van der Waals surface area contributed by atoms with Gasteiger partial charge in [-0.2, -0.15) is 0 Å². The predicted molar refractivity (Wildman–Crippen MR) is 305 cm³/mol. The molecule has 58 heavy (non-hydrogen) atoms. The third-order valence-electron chi connectivity index (χ3n) is 12.0. The first-order valence-corrected chi connectivity index (χ1v) is 52.8. The third-order valence-corrected chi connectivity index (χ3v) is 105. The van der Waals surface area contributed by atoms with E-state index in [1.165, 1.54) is 6.92 Å². The van der Waals surface area contributed by atoms with Gasteiger partial charge in [0.1, 0.15) is 17.8 Å². The van der Waals surface area contributed by atoms with E-state index in [-0.39, 0.29) is 25.0 Å². The van der Waals surface area contributed by atoms with Gasteiger partial charge in [0.05, 0.1) is 45.3 Å². The Morgan fingerprint density at radius 1 is 0.828 bits per heavy atom. The summed E-state index contributed by atoms with van der Waals surface area (Å²) in [6.45, 7) is 8.87. The van der Waals surface area contributed by atoms with E-state index in [0.29, 0.717) is 18.4 Å². The van der Waals surface area contributed by atoms with E-state index in [2.05, 4.69) is 133 Å². The monoisotopic (exact) mass is 1170 g/mol. The van der Waals surface area contributed by atoms with Crippen LogP contribution in [0.5, 0.6) is 0 Å². The van der Waals surface area contributed by atoms with Crippen LogP contribution in [0.3, 0.4) is 0 Å². The second-order valence-corrected chi connectivity index (χ2v) is 88.3. The van der Waals surface area contributed by atoms with Gasteiger partial charge in [-0.15, -0.1) is 89.3 Å². The van der Waals surface area contributed by atoms with E-state index in [1.807, 2.05) is 18.2 Å². The minimum atomic E-state index is -1.65. The minimum Gasteiger partial charge on any atom is -0.455 e. The maximum atomic E-state index is 14.6. The number of benzene rings is 1. The van der Waals surface area contributed by atoms with Crippen LogP contribution in [0.2, 0.25) is 0 Å². The summed E-state index contributed by atoms with van der Waals surface area (Å²) in [5, 5.41) is 14.2. The molecule has 3 aliphatic carbocycles. The fraction of sp³-hybridized carbons (Fsp3) is 0.667. The number of fused-ring (bicyclic) bond motifs is 5. The first-order chi connectivity index (χ1) is 26.8. The maximum Gasteiger partial charge on any atom is 0.338 e. The van der Waals surface area contributed by atoms with Crippen molar-refractivity contribution in [3.8, 4) is 0 Å². The van der Waals surface area contributed by atoms with Crippen LogP contribution in [0.15, 0.2) is 41.5 Å². The molecule has 5 rings (SSSR count). The Morgan fingerprint density at radius 3 is 1.90 bits per heavy atom. The van der Waals surface area contributed by atoms with Crippen LogP contribution in [0, 0.1) is 22.7 Å². The Balaban J connectivity index is 1.81. The highest BCUT2D eigenvalue weighted by Crippen LogP contribution is 3.17. The summed E-state index contributed by atoms with van der Waals surface area (Å²) in [5.41, 5.74) is -1.72. The number of rotatable bonds is 14. The molecular weight excluding hydrogens is 1110 g/mol. The van der Waals surface area contributed by atoms with Crippen LogP contribution in [0.1, 0.15) is 71.2 Å². The van der Waals surface area contributed by atoms with Crippen molar-refractivity contribution in [2.75, 3.05) is 6.61 Å². The smallest absolute Gasteiger partial charge is 0.338 e. The van der Waals surface area contributed by atoms with Crippen molar-refractivity contribution in [1.82, 2.24) is 0 Å². The van der Waals surface area contributed by atoms with Crippen LogP contribution in [-0.2, 0) is 28.1 Å². The van der Waals surface area contributed by atoms with Gasteiger partial charge in [0, 0.05) is 44.6 Å². The molecule has 328 valence electrons. The molecule has 13 unspecified atom stereocenters. The number of ether oxygens (including phenoxy) is 3. The zero-order valence-electron chi connectivity index (χ0n) is 33.4. The van der Waals surface area contributed by atoms with Crippen molar-refractivity contribution in [3.63, 3.8) is 0 Å². The van der Waals surface area contributed by atoms with Gasteiger partial charge in [-0.1, -0.05) is 60.4 Å². The fourth-order valence-electron chi connectivity index (χ4n) is 9.75. The van der Waals surface area contributed by atoms with Crippen molar-refractivity contribution in [2.45, 2.75) is 96.4 Å². The standard InChI is InChI=1S/C30H60O8P20/c1-16-13-28(6)21(38-50(52(39)40)53(41)42)12-22-29(15-34-22,36-18(3)31)24(28)25(35-26(32)19-10-8-7-9-11-19)30(33)14-20(17(2)23(16)27(30,4)5)37-51(57(49)54(43)44)58(55(45)46)56(47)48/h7-11,16,20-22,24-25,33H,12-15,39-49H2,1-6H3/t16-,20+,21+,22-,24+,25+,28-,29+,30-,51?,57?/m1/s1. The van der Waals surface area contributed by atoms with Crippen molar-refractivity contribution in [1.29, 1.82) is 0 Å². The van der Waals surface area contributed by atoms with E-state index in [4.69, 9.17) is 23.3 Å². The highest BCUT2D eigenvalue weighted by Gasteiger charge is 2.76. The summed E-state index contributed by atoms with van der Waals surface area (Å²) in [6.07, 6.45) is -0.994. The Bertz CT molecular complexity index is 1660. The zero-order chi connectivity index (χ0) is 43.4. The maximum absolute atomic E-state index is 14.6. The van der Waals surface area contributed by atoms with Gasteiger partial charge in [-0.05, 0) is 71.9 Å². The highest BCUT2D eigenvalue weighted by atomic mass is 33.2. The average molecular weight is 1170 g/mol. The Labute approximate surface area is 382 Å². The molecular formula is C30H60O8P20. The lowest BCUT2D eigenvalue weighted by Crippen LogP contribution is -2.80. The number of carbonyl (C=O) groups excluding carboxylic acids is 2. The summed E-state index contributed by atoms with van der Waals surface area (Å²) in [6, 6.07) is 8.99. The summed E-state index contributed by atoms with van der Waals surface area (Å²) in [5.74, 6) is -1.66. The molecule has 1 N–H and O–H groups in total. The largest absolute Gasteiger partial charge is 0.455 e. The summed E-state index contributed by atoms with van der Waals surface area (Å²) < 4.78 is 34.8. The molecule has 8 nitrogen and oxygen atoms in total. The van der Waals surface area contributed by atoms with Crippen LogP contribution < -0.4 is 0 Å². The SMILES string of the molecule is CC(=O)O[C@@]12CO[C@@H]1C[C@H](OP(P(P)P)P(P)P)[C@@]1(C)C[C@@H](C)C3=C(C)[C@@H](OP(P(P)P(P)P)P(P(P)P)P(P)P)C[C@@](O)([C@@H](OC(=O)c4ccccc4)[C@@H]12)C3(C)C. The van der Waals surface area contributed by atoms with Gasteiger partial charge < -0.3 is 28.4 Å². The van der Waals surface area contributed by atoms with E-state index in [0.717, 1.165) is 11.1 Å². The lowest BCUT2D eigenvalue weighted by Gasteiger charge is -2.69. The fourth-order valence-corrected chi connectivity index (χ4v) is 139. The third kappa shape index (κ3) is 11.3. The van der Waals surface area contributed by atoms with Gasteiger partial charge >= 0.3 is 11.9 Å². The molecule has 0 aromatic heterocycles. The second kappa shape index (κ2) is 22.6. The molecule has 1 aromatic rings. The normalized spacial score (nSPS) is 34.5. The van der Waals surface area contributed by atoms with Crippen molar-refractivity contribution in [3.05, 3.63) is 47.0 Å². The number of hydrogen-bond donors (Lipinski definition) is 1. The lowest BCUT2D eigenvalue weighted by atomic mass is 9.44. The van der Waals surface area contributed by atoms with E-state index in [1.54, 1.807) is 12.1 Å². The molecule has 1 aromatic carbocycles. The van der Waals surface area contributed by atoms with Crippen LogP contribution >= 0.6 is 162 Å². The lowest BCUT2D eigenvalue weighted by molar-refractivity contribution is -0.350. The van der Waals surface area contributed by atoms with E-state index in [9.17, 15) is 14.7 Å². The molecule has 28 heteroatoms. The number of hydrogen-bond acceptors (Lipinski definition) is 8. The molecule has 2 bridgehead atoms. The number of esters is 2. The molecule has 3 fully saturated rings. The topological polar surface area (TPSA) is 101 Å². The first-order valence-electron chi connectivity index (χ1n) is 18.1. The molecule has 2 saturated carbocycles. The van der Waals surface area contributed by atoms with Crippen molar-refractivity contribution in [2.24, 2.45) is 22.7 Å². The Hall–Kier alpha value is 6.34. The predicted octanol–water partition coefficient (Wildman–Crippen LogP) is 15.5. The van der Waals surface area contributed by atoms with E-state index >= 15 is 0 Å². The molecule has 1 aliphatic heterocycles. The van der Waals surface area contributed by atoms with Crippen LogP contribution in [0.4, 0.5) is 0 Å². The minimum absolute atomic E-state index is 0.0236. The van der Waals surface area contributed by atoms with Crippen LogP contribution in [-0.4, -0.2) is 59.3 Å². The summed E-state index contributed by atoms with van der Waals surface area (Å²) >= 11 is 0. The Morgan fingerprint density at radius 2 is 1.41 bits per heavy atom. The molecule has 4 aliphatic rings.